The summed E-state index contributed by atoms with van der Waals surface area (Å²) in [5.74, 6) is -2.80. The normalized spacial score (nSPS) is 14.8. The molecule has 3 unspecified atom stereocenters. The number of rotatable bonds is 14. The van der Waals surface area contributed by atoms with Crippen LogP contribution in [0.4, 0.5) is 4.79 Å². The number of benzene rings is 2. The van der Waals surface area contributed by atoms with Crippen molar-refractivity contribution in [3.63, 3.8) is 0 Å². The molecule has 3 rings (SSSR count). The van der Waals surface area contributed by atoms with Crippen molar-refractivity contribution in [2.75, 3.05) is 6.61 Å². The first-order chi connectivity index (χ1) is 22.6. The molecule has 0 radical (unpaired) electrons. The monoisotopic (exact) mass is 663 g/mol. The number of nitrogens with one attached hydrogen (secondary N) is 3. The Morgan fingerprint density at radius 3 is 2.00 bits per heavy atom. The zero-order valence-electron chi connectivity index (χ0n) is 28.8. The van der Waals surface area contributed by atoms with E-state index in [4.69, 9.17) is 14.2 Å². The van der Waals surface area contributed by atoms with Gasteiger partial charge in [0.1, 0.15) is 36.9 Å². The summed E-state index contributed by atoms with van der Waals surface area (Å²) in [6, 6.07) is 13.5. The molecule has 3 amide bonds. The van der Waals surface area contributed by atoms with Crippen molar-refractivity contribution >= 4 is 29.8 Å². The summed E-state index contributed by atoms with van der Waals surface area (Å²) in [6.45, 7) is 14.1. The van der Waals surface area contributed by atoms with Crippen LogP contribution in [0.1, 0.15) is 71.1 Å². The maximum Gasteiger partial charge on any atom is 0.408 e. The molecule has 0 aliphatic heterocycles. The summed E-state index contributed by atoms with van der Waals surface area (Å²) in [5, 5.41) is 8.23. The summed E-state index contributed by atoms with van der Waals surface area (Å²) in [7, 11) is 0. The number of hydrogen-bond donors (Lipinski definition) is 3. The molecule has 0 saturated heterocycles. The molecule has 0 heterocycles. The van der Waals surface area contributed by atoms with E-state index >= 15 is 0 Å². The molecule has 1 aliphatic rings. The smallest absolute Gasteiger partial charge is 0.408 e. The van der Waals surface area contributed by atoms with Gasteiger partial charge in [-0.3, -0.25) is 14.4 Å². The summed E-state index contributed by atoms with van der Waals surface area (Å²) in [6.07, 6.45) is 1.29. The number of esters is 2. The molecule has 0 aromatic heterocycles. The number of alkyl carbamates (subject to hydrolysis) is 1. The molecule has 3 N–H and O–H groups in total. The number of carbonyl (C=O) groups is 5. The van der Waals surface area contributed by atoms with Gasteiger partial charge in [-0.2, -0.15) is 0 Å². The van der Waals surface area contributed by atoms with Crippen LogP contribution in [0, 0.1) is 11.3 Å². The molecule has 0 fully saturated rings. The van der Waals surface area contributed by atoms with E-state index in [9.17, 15) is 24.0 Å². The Morgan fingerprint density at radius 2 is 1.44 bits per heavy atom. The summed E-state index contributed by atoms with van der Waals surface area (Å²) in [5.41, 5.74) is 1.39. The highest BCUT2D eigenvalue weighted by Gasteiger charge is 2.40. The molecule has 2 aromatic carbocycles. The van der Waals surface area contributed by atoms with Crippen LogP contribution in [0.15, 0.2) is 67.3 Å². The van der Waals surface area contributed by atoms with E-state index in [0.29, 0.717) is 12.8 Å². The van der Waals surface area contributed by atoms with Crippen LogP contribution in [0.3, 0.4) is 0 Å². The maximum atomic E-state index is 14.0. The molecule has 1 aliphatic carbocycles. The fourth-order valence-corrected chi connectivity index (χ4v) is 5.40. The van der Waals surface area contributed by atoms with E-state index < -0.39 is 59.0 Å². The van der Waals surface area contributed by atoms with Gasteiger partial charge in [-0.1, -0.05) is 88.0 Å². The molecule has 48 heavy (non-hydrogen) atoms. The van der Waals surface area contributed by atoms with Crippen molar-refractivity contribution in [2.24, 2.45) is 11.3 Å². The molecule has 2 aromatic rings. The summed E-state index contributed by atoms with van der Waals surface area (Å²) >= 11 is 0. The third kappa shape index (κ3) is 11.8. The minimum absolute atomic E-state index is 0.0231. The number of fused-ring (bicyclic) bond motifs is 1. The largest absolute Gasteiger partial charge is 0.460 e. The molecular weight excluding hydrogens is 614 g/mol. The van der Waals surface area contributed by atoms with Crippen molar-refractivity contribution < 1.29 is 38.2 Å². The van der Waals surface area contributed by atoms with Gasteiger partial charge in [0.25, 0.3) is 0 Å². The Bertz CT molecular complexity index is 1420. The highest BCUT2D eigenvalue weighted by Crippen LogP contribution is 2.30. The Labute approximate surface area is 283 Å². The molecule has 0 saturated carbocycles. The average Bonchev–Trinajstić information content (AvgIpc) is 3.45. The highest BCUT2D eigenvalue weighted by atomic mass is 16.6. The minimum Gasteiger partial charge on any atom is -0.460 e. The van der Waals surface area contributed by atoms with Gasteiger partial charge in [-0.05, 0) is 68.1 Å². The highest BCUT2D eigenvalue weighted by molar-refractivity contribution is 5.93. The van der Waals surface area contributed by atoms with E-state index in [1.165, 1.54) is 6.08 Å². The average molecular weight is 664 g/mol. The lowest BCUT2D eigenvalue weighted by Gasteiger charge is -2.33. The Morgan fingerprint density at radius 1 is 0.833 bits per heavy atom. The van der Waals surface area contributed by atoms with E-state index in [0.717, 1.165) is 16.7 Å². The van der Waals surface area contributed by atoms with Gasteiger partial charge in [-0.15, -0.1) is 0 Å². The molecule has 0 bridgehead atoms. The van der Waals surface area contributed by atoms with Gasteiger partial charge in [0.05, 0.1) is 0 Å². The second-order valence-electron chi connectivity index (χ2n) is 14.0. The van der Waals surface area contributed by atoms with Crippen LogP contribution in [0.5, 0.6) is 0 Å². The van der Waals surface area contributed by atoms with Gasteiger partial charge in [-0.25, -0.2) is 9.59 Å². The van der Waals surface area contributed by atoms with Crippen LogP contribution >= 0.6 is 0 Å². The van der Waals surface area contributed by atoms with Crippen LogP contribution in [-0.4, -0.2) is 60.2 Å². The van der Waals surface area contributed by atoms with E-state index in [2.05, 4.69) is 22.5 Å². The lowest BCUT2D eigenvalue weighted by atomic mass is 9.86. The summed E-state index contributed by atoms with van der Waals surface area (Å²) < 4.78 is 16.0. The lowest BCUT2D eigenvalue weighted by molar-refractivity contribution is -0.155. The molecule has 260 valence electrons. The first kappa shape index (κ1) is 37.8. The van der Waals surface area contributed by atoms with Crippen molar-refractivity contribution in [1.82, 2.24) is 16.0 Å². The van der Waals surface area contributed by atoms with Gasteiger partial charge >= 0.3 is 18.0 Å². The second-order valence-corrected chi connectivity index (χ2v) is 14.0. The predicted octanol–water partition coefficient (Wildman–Crippen LogP) is 4.56. The number of ether oxygens (including phenoxy) is 3. The van der Waals surface area contributed by atoms with Gasteiger partial charge in [0.15, 0.2) is 0 Å². The number of carbonyl (C=O) groups excluding carboxylic acids is 5. The third-order valence-corrected chi connectivity index (χ3v) is 7.74. The van der Waals surface area contributed by atoms with Crippen molar-refractivity contribution in [3.05, 3.63) is 83.9 Å². The van der Waals surface area contributed by atoms with Gasteiger partial charge in [0.2, 0.25) is 11.8 Å². The Hall–Kier alpha value is -4.67. The number of hydrogen-bond acceptors (Lipinski definition) is 8. The molecule has 11 nitrogen and oxygen atoms in total. The first-order valence-corrected chi connectivity index (χ1v) is 16.2. The number of amides is 3. The van der Waals surface area contributed by atoms with E-state index in [1.807, 2.05) is 42.5 Å². The van der Waals surface area contributed by atoms with Crippen molar-refractivity contribution in [3.8, 4) is 0 Å². The fourth-order valence-electron chi connectivity index (χ4n) is 5.40. The van der Waals surface area contributed by atoms with Crippen LogP contribution in [0.25, 0.3) is 0 Å². The molecule has 0 spiro atoms. The second kappa shape index (κ2) is 16.9. The van der Waals surface area contributed by atoms with Gasteiger partial charge < -0.3 is 30.2 Å². The Kier molecular flexibility index (Phi) is 13.3. The lowest BCUT2D eigenvalue weighted by Crippen LogP contribution is -2.60. The third-order valence-electron chi connectivity index (χ3n) is 7.74. The van der Waals surface area contributed by atoms with Crippen molar-refractivity contribution in [1.29, 1.82) is 0 Å². The Balaban J connectivity index is 1.85. The minimum atomic E-state index is -1.24. The molecular formula is C37H49N3O8. The van der Waals surface area contributed by atoms with Crippen LogP contribution in [-0.2, 0) is 52.8 Å². The van der Waals surface area contributed by atoms with E-state index in [-0.39, 0.29) is 32.0 Å². The molecule has 3 atom stereocenters. The van der Waals surface area contributed by atoms with Gasteiger partial charge in [0, 0.05) is 6.42 Å². The SMILES string of the molecule is C=CCOC(=O)C(NC(=O)C(NC(=O)C(CCC(=O)OC(C)(C)C)NC(=O)OCc1ccccc1)C1Cc2ccccc2C1)C(C)(C)C. The van der Waals surface area contributed by atoms with Crippen LogP contribution in [0.2, 0.25) is 0 Å². The topological polar surface area (TPSA) is 149 Å². The quantitative estimate of drug-likeness (QED) is 0.151. The first-order valence-electron chi connectivity index (χ1n) is 16.2. The zero-order valence-corrected chi connectivity index (χ0v) is 28.8. The summed E-state index contributed by atoms with van der Waals surface area (Å²) in [4.78, 5) is 66.4. The maximum absolute atomic E-state index is 14.0. The van der Waals surface area contributed by atoms with Crippen LogP contribution < -0.4 is 16.0 Å². The zero-order chi connectivity index (χ0) is 35.5. The van der Waals surface area contributed by atoms with E-state index in [1.54, 1.807) is 53.7 Å². The predicted molar refractivity (Wildman–Crippen MR) is 180 cm³/mol. The van der Waals surface area contributed by atoms with Crippen molar-refractivity contribution in [2.45, 2.75) is 97.6 Å². The molecule has 11 heteroatoms. The standard InChI is InChI=1S/C37H49N3O8/c1-8-20-46-34(44)31(36(2,3)4)40-33(43)30(27-21-25-16-12-13-17-26(25)22-27)39-32(42)28(18-19-29(41)48-37(5,6)7)38-35(45)47-23-24-14-10-9-11-15-24/h8-17,27-28,30-31H,1,18-23H2,2-7H3,(H,38,45)(H,39,42)(H,40,43). The fraction of sp³-hybridized carbons (Fsp3) is 0.486.